The number of aliphatic hydroxyl groups is 1. The first kappa shape index (κ1) is 25.3. The number of carbonyl (C=O) groups excluding carboxylic acids is 2. The number of rotatable bonds is 8. The second-order valence-corrected chi connectivity index (χ2v) is 10.6. The number of nitrogens with one attached hydrogen (secondary N) is 2. The molecule has 1 spiro atoms. The molecule has 3 rings (SSSR count). The van der Waals surface area contributed by atoms with Gasteiger partial charge in [-0.1, -0.05) is 0 Å². The third-order valence-electron chi connectivity index (χ3n) is 6.64. The van der Waals surface area contributed by atoms with E-state index in [-0.39, 0.29) is 30.3 Å². The molecule has 0 radical (unpaired) electrons. The number of ether oxygens (including phenoxy) is 1. The lowest BCUT2D eigenvalue weighted by molar-refractivity contribution is -0.00891. The van der Waals surface area contributed by atoms with Gasteiger partial charge in [0, 0.05) is 31.2 Å². The van der Waals surface area contributed by atoms with Crippen molar-refractivity contribution < 1.29 is 23.8 Å². The van der Waals surface area contributed by atoms with Gasteiger partial charge in [-0.3, -0.25) is 4.79 Å². The first-order valence-electron chi connectivity index (χ1n) is 12.0. The Labute approximate surface area is 196 Å². The van der Waals surface area contributed by atoms with Crippen molar-refractivity contribution in [1.82, 2.24) is 15.5 Å². The van der Waals surface area contributed by atoms with Gasteiger partial charge < -0.3 is 25.4 Å². The number of hydrogen-bond donors (Lipinski definition) is 3. The van der Waals surface area contributed by atoms with Crippen LogP contribution in [0, 0.1) is 17.2 Å². The maximum absolute atomic E-state index is 14.2. The number of piperidine rings is 1. The number of likely N-dealkylation sites (tertiary alicyclic amines) is 1. The van der Waals surface area contributed by atoms with E-state index in [1.54, 1.807) is 6.07 Å². The summed E-state index contributed by atoms with van der Waals surface area (Å²) >= 11 is 0. The zero-order valence-corrected chi connectivity index (χ0v) is 20.1. The first-order valence-corrected chi connectivity index (χ1v) is 12.0. The Kier molecular flexibility index (Phi) is 8.21. The van der Waals surface area contributed by atoms with Crippen molar-refractivity contribution in [3.05, 3.63) is 29.6 Å². The summed E-state index contributed by atoms with van der Waals surface area (Å²) in [4.78, 5) is 26.1. The van der Waals surface area contributed by atoms with Crippen LogP contribution in [0.4, 0.5) is 9.18 Å². The average Bonchev–Trinajstić information content (AvgIpc) is 2.73. The number of carbonyl (C=O) groups is 2. The summed E-state index contributed by atoms with van der Waals surface area (Å²) in [6, 6.07) is 4.27. The van der Waals surface area contributed by atoms with Crippen LogP contribution in [0.5, 0.6) is 5.75 Å². The van der Waals surface area contributed by atoms with Crippen LogP contribution in [-0.2, 0) is 0 Å². The van der Waals surface area contributed by atoms with E-state index in [1.807, 2.05) is 25.7 Å². The molecule has 0 atom stereocenters. The van der Waals surface area contributed by atoms with Crippen LogP contribution in [0.15, 0.2) is 18.2 Å². The summed E-state index contributed by atoms with van der Waals surface area (Å²) < 4.78 is 19.8. The van der Waals surface area contributed by atoms with Crippen LogP contribution in [0.3, 0.4) is 0 Å². The maximum Gasteiger partial charge on any atom is 0.317 e. The summed E-state index contributed by atoms with van der Waals surface area (Å²) in [5, 5.41) is 14.2. The summed E-state index contributed by atoms with van der Waals surface area (Å²) in [6.45, 7) is 8.08. The lowest BCUT2D eigenvalue weighted by Gasteiger charge is -2.52. The van der Waals surface area contributed by atoms with Gasteiger partial charge >= 0.3 is 6.03 Å². The van der Waals surface area contributed by atoms with Gasteiger partial charge in [0.05, 0.1) is 18.8 Å². The maximum atomic E-state index is 14.2. The van der Waals surface area contributed by atoms with Crippen LogP contribution in [0.2, 0.25) is 0 Å². The summed E-state index contributed by atoms with van der Waals surface area (Å²) in [6.07, 6.45) is 6.58. The third-order valence-corrected chi connectivity index (χ3v) is 6.64. The Balaban J connectivity index is 1.32. The molecule has 1 aliphatic carbocycles. The van der Waals surface area contributed by atoms with Crippen LogP contribution in [0.1, 0.15) is 69.7 Å². The third kappa shape index (κ3) is 7.06. The van der Waals surface area contributed by atoms with E-state index in [2.05, 4.69) is 10.6 Å². The van der Waals surface area contributed by atoms with E-state index >= 15 is 0 Å². The van der Waals surface area contributed by atoms with Crippen molar-refractivity contribution in [3.8, 4) is 5.75 Å². The highest BCUT2D eigenvalue weighted by molar-refractivity contribution is 5.94. The normalized spacial score (nSPS) is 18.0. The predicted molar refractivity (Wildman–Crippen MR) is 125 cm³/mol. The molecule has 3 amide bonds. The molecule has 1 saturated heterocycles. The molecule has 0 unspecified atom stereocenters. The lowest BCUT2D eigenvalue weighted by Crippen LogP contribution is -2.54. The zero-order chi connectivity index (χ0) is 24.1. The molecule has 184 valence electrons. The number of halogens is 1. The van der Waals surface area contributed by atoms with E-state index < -0.39 is 11.7 Å². The van der Waals surface area contributed by atoms with E-state index in [0.29, 0.717) is 23.7 Å². The fourth-order valence-corrected chi connectivity index (χ4v) is 4.96. The summed E-state index contributed by atoms with van der Waals surface area (Å²) in [7, 11) is 0. The number of benzene rings is 1. The molecule has 33 heavy (non-hydrogen) atoms. The van der Waals surface area contributed by atoms with Gasteiger partial charge in [0.15, 0.2) is 0 Å². The molecule has 1 aromatic carbocycles. The summed E-state index contributed by atoms with van der Waals surface area (Å²) in [5.41, 5.74) is 0.135. The number of urea groups is 1. The van der Waals surface area contributed by atoms with Crippen LogP contribution < -0.4 is 15.4 Å². The smallest absolute Gasteiger partial charge is 0.317 e. The zero-order valence-electron chi connectivity index (χ0n) is 20.1. The molecule has 2 fully saturated rings. The van der Waals surface area contributed by atoms with Gasteiger partial charge in [0.2, 0.25) is 0 Å². The van der Waals surface area contributed by atoms with Gasteiger partial charge in [0.25, 0.3) is 5.91 Å². The molecule has 1 saturated carbocycles. The number of nitrogens with zero attached hydrogens (tertiary/aromatic N) is 1. The molecule has 0 aromatic heterocycles. The Morgan fingerprint density at radius 3 is 2.55 bits per heavy atom. The number of amides is 3. The minimum absolute atomic E-state index is 0.0423. The van der Waals surface area contributed by atoms with Crippen molar-refractivity contribution in [2.75, 3.05) is 32.8 Å². The van der Waals surface area contributed by atoms with Crippen LogP contribution in [0.25, 0.3) is 0 Å². The quantitative estimate of drug-likeness (QED) is 0.513. The first-order chi connectivity index (χ1) is 15.6. The highest BCUT2D eigenvalue weighted by atomic mass is 19.1. The van der Waals surface area contributed by atoms with Gasteiger partial charge in [-0.05, 0) is 82.8 Å². The predicted octanol–water partition coefficient (Wildman–Crippen LogP) is 3.71. The molecular formula is C25H38FN3O4. The Hall–Kier alpha value is -2.35. The summed E-state index contributed by atoms with van der Waals surface area (Å²) in [5.74, 6) is -0.0749. The van der Waals surface area contributed by atoms with E-state index in [0.717, 1.165) is 38.8 Å². The van der Waals surface area contributed by atoms with Crippen molar-refractivity contribution in [1.29, 1.82) is 0 Å². The van der Waals surface area contributed by atoms with E-state index in [4.69, 9.17) is 9.84 Å². The fraction of sp³-hybridized carbons (Fsp3) is 0.680. The van der Waals surface area contributed by atoms with Gasteiger partial charge in [-0.15, -0.1) is 0 Å². The van der Waals surface area contributed by atoms with Crippen molar-refractivity contribution >= 4 is 11.9 Å². The molecule has 1 aliphatic heterocycles. The van der Waals surface area contributed by atoms with Crippen molar-refractivity contribution in [3.63, 3.8) is 0 Å². The highest BCUT2D eigenvalue weighted by Crippen LogP contribution is 2.54. The largest absolute Gasteiger partial charge is 0.493 e. The topological polar surface area (TPSA) is 90.9 Å². The molecular weight excluding hydrogens is 425 g/mol. The van der Waals surface area contributed by atoms with Crippen LogP contribution in [-0.4, -0.2) is 60.3 Å². The second-order valence-electron chi connectivity index (χ2n) is 10.6. The van der Waals surface area contributed by atoms with Gasteiger partial charge in [0.1, 0.15) is 11.6 Å². The van der Waals surface area contributed by atoms with E-state index in [1.165, 1.54) is 25.0 Å². The standard InChI is InChI=1S/C25H38FN3O4/c1-24(2,3)28-23(32)29-11-8-25(9-12-29)16-18(17-25)5-4-14-33-19-6-7-20(21(26)15-19)22(31)27-10-13-30/h6-7,15,18,30H,4-5,8-14,16-17H2,1-3H3,(H,27,31)(H,28,32). The lowest BCUT2D eigenvalue weighted by atomic mass is 9.56. The van der Waals surface area contributed by atoms with Gasteiger partial charge in [-0.25, -0.2) is 9.18 Å². The average molecular weight is 464 g/mol. The molecule has 8 heteroatoms. The minimum atomic E-state index is -0.633. The molecule has 0 bridgehead atoms. The van der Waals surface area contributed by atoms with Crippen LogP contribution >= 0.6 is 0 Å². The highest BCUT2D eigenvalue weighted by Gasteiger charge is 2.45. The molecule has 3 N–H and O–H groups in total. The molecule has 1 heterocycles. The molecule has 1 aromatic rings. The SMILES string of the molecule is CC(C)(C)NC(=O)N1CCC2(CC1)CC(CCCOc1ccc(C(=O)NCCO)c(F)c1)C2. The molecule has 2 aliphatic rings. The van der Waals surface area contributed by atoms with E-state index in [9.17, 15) is 14.0 Å². The second kappa shape index (κ2) is 10.7. The Bertz CT molecular complexity index is 823. The monoisotopic (exact) mass is 463 g/mol. The minimum Gasteiger partial charge on any atom is -0.493 e. The van der Waals surface area contributed by atoms with Crippen molar-refractivity contribution in [2.24, 2.45) is 11.3 Å². The fourth-order valence-electron chi connectivity index (χ4n) is 4.96. The Morgan fingerprint density at radius 2 is 1.94 bits per heavy atom. The van der Waals surface area contributed by atoms with Crippen molar-refractivity contribution in [2.45, 2.75) is 64.8 Å². The number of aliphatic hydroxyl groups excluding tert-OH is 1. The van der Waals surface area contributed by atoms with Gasteiger partial charge in [-0.2, -0.15) is 0 Å². The number of hydrogen-bond acceptors (Lipinski definition) is 4. The molecule has 7 nitrogen and oxygen atoms in total. The Morgan fingerprint density at radius 1 is 1.24 bits per heavy atom.